The van der Waals surface area contributed by atoms with Crippen molar-refractivity contribution < 1.29 is 0 Å². The second-order valence-corrected chi connectivity index (χ2v) is 12.6. The van der Waals surface area contributed by atoms with Crippen LogP contribution < -0.4 is 4.90 Å². The molecule has 0 saturated heterocycles. The summed E-state index contributed by atoms with van der Waals surface area (Å²) in [5.74, 6) is 0. The lowest BCUT2D eigenvalue weighted by Gasteiger charge is -2.34. The van der Waals surface area contributed by atoms with E-state index in [1.165, 1.54) is 72.9 Å². The van der Waals surface area contributed by atoms with Gasteiger partial charge in [0.05, 0.1) is 5.69 Å². The fraction of sp³-hybridized carbons (Fsp3) is 0.171. The fourth-order valence-corrected chi connectivity index (χ4v) is 7.64. The SMILES string of the molecule is CN1CC=CC=C1c1cc(-c2ccccc2)cc(N2C3=C(CCC=C3)C3=C(c4ccccc42)c2ccccc2C3(C)C)c1. The molecule has 210 valence electrons. The van der Waals surface area contributed by atoms with Crippen LogP contribution in [0.2, 0.25) is 0 Å². The number of allylic oxidation sites excluding steroid dienone is 6. The van der Waals surface area contributed by atoms with Gasteiger partial charge in [-0.25, -0.2) is 0 Å². The molecule has 0 radical (unpaired) electrons. The molecule has 0 atom stereocenters. The number of fused-ring (bicyclic) bond motifs is 5. The van der Waals surface area contributed by atoms with E-state index in [4.69, 9.17) is 0 Å². The fourth-order valence-electron chi connectivity index (χ4n) is 7.64. The van der Waals surface area contributed by atoms with Crippen molar-refractivity contribution in [3.05, 3.63) is 167 Å². The second kappa shape index (κ2) is 9.88. The molecule has 0 bridgehead atoms. The Hall–Kier alpha value is -4.82. The summed E-state index contributed by atoms with van der Waals surface area (Å²) in [5, 5.41) is 0. The molecule has 0 N–H and O–H groups in total. The van der Waals surface area contributed by atoms with Crippen molar-refractivity contribution >= 4 is 22.6 Å². The Balaban J connectivity index is 1.43. The van der Waals surface area contributed by atoms with Crippen LogP contribution in [0.1, 0.15) is 48.9 Å². The molecule has 0 fully saturated rings. The van der Waals surface area contributed by atoms with E-state index in [9.17, 15) is 0 Å². The number of nitrogens with zero attached hydrogens (tertiary/aromatic N) is 2. The number of hydrogen-bond acceptors (Lipinski definition) is 2. The largest absolute Gasteiger partial charge is 0.370 e. The Morgan fingerprint density at radius 3 is 2.30 bits per heavy atom. The first kappa shape index (κ1) is 25.9. The Bertz CT molecular complexity index is 1930. The third kappa shape index (κ3) is 4.01. The minimum atomic E-state index is -0.0835. The van der Waals surface area contributed by atoms with E-state index in [1.807, 2.05) is 0 Å². The summed E-state index contributed by atoms with van der Waals surface area (Å²) < 4.78 is 0. The van der Waals surface area contributed by atoms with Crippen molar-refractivity contribution in [1.29, 1.82) is 0 Å². The molecule has 0 amide bonds. The summed E-state index contributed by atoms with van der Waals surface area (Å²) >= 11 is 0. The summed E-state index contributed by atoms with van der Waals surface area (Å²) in [6, 6.07) is 36.1. The molecule has 2 heteroatoms. The monoisotopic (exact) mass is 556 g/mol. The van der Waals surface area contributed by atoms with Crippen LogP contribution in [0.4, 0.5) is 11.4 Å². The van der Waals surface area contributed by atoms with Crippen molar-refractivity contribution in [2.75, 3.05) is 18.5 Å². The maximum atomic E-state index is 2.55. The average Bonchev–Trinajstić information content (AvgIpc) is 3.19. The van der Waals surface area contributed by atoms with E-state index >= 15 is 0 Å². The molecule has 4 aliphatic rings. The number of likely N-dealkylation sites (N-methyl/N-ethyl adjacent to an activating group) is 1. The van der Waals surface area contributed by atoms with Gasteiger partial charge >= 0.3 is 0 Å². The molecule has 43 heavy (non-hydrogen) atoms. The zero-order valence-electron chi connectivity index (χ0n) is 25.1. The second-order valence-electron chi connectivity index (χ2n) is 12.6. The summed E-state index contributed by atoms with van der Waals surface area (Å²) in [6.45, 7) is 5.75. The van der Waals surface area contributed by atoms with Gasteiger partial charge in [0.15, 0.2) is 0 Å². The number of benzene rings is 4. The number of hydrogen-bond donors (Lipinski definition) is 0. The van der Waals surface area contributed by atoms with Gasteiger partial charge in [-0.1, -0.05) is 105 Å². The van der Waals surface area contributed by atoms with Crippen LogP contribution in [0.5, 0.6) is 0 Å². The minimum absolute atomic E-state index is 0.0835. The highest BCUT2D eigenvalue weighted by atomic mass is 15.2. The highest BCUT2D eigenvalue weighted by Gasteiger charge is 2.43. The maximum absolute atomic E-state index is 2.55. The van der Waals surface area contributed by atoms with E-state index in [0.717, 1.165) is 19.4 Å². The van der Waals surface area contributed by atoms with Crippen molar-refractivity contribution in [2.24, 2.45) is 0 Å². The van der Waals surface area contributed by atoms with Crippen molar-refractivity contribution in [3.63, 3.8) is 0 Å². The molecular weight excluding hydrogens is 520 g/mol. The smallest absolute Gasteiger partial charge is 0.0540 e. The average molecular weight is 557 g/mol. The summed E-state index contributed by atoms with van der Waals surface area (Å²) in [4.78, 5) is 4.89. The van der Waals surface area contributed by atoms with Crippen LogP contribution in [0.25, 0.3) is 22.4 Å². The van der Waals surface area contributed by atoms with Crippen molar-refractivity contribution in [3.8, 4) is 11.1 Å². The third-order valence-corrected chi connectivity index (χ3v) is 9.61. The van der Waals surface area contributed by atoms with Gasteiger partial charge in [0, 0.05) is 47.2 Å². The topological polar surface area (TPSA) is 6.48 Å². The van der Waals surface area contributed by atoms with Gasteiger partial charge in [-0.15, -0.1) is 0 Å². The van der Waals surface area contributed by atoms with Crippen LogP contribution >= 0.6 is 0 Å². The van der Waals surface area contributed by atoms with E-state index in [-0.39, 0.29) is 5.41 Å². The molecule has 2 heterocycles. The molecule has 2 nitrogen and oxygen atoms in total. The molecule has 0 unspecified atom stereocenters. The number of rotatable bonds is 3. The molecule has 8 rings (SSSR count). The minimum Gasteiger partial charge on any atom is -0.370 e. The highest BCUT2D eigenvalue weighted by molar-refractivity contribution is 6.00. The predicted octanol–water partition coefficient (Wildman–Crippen LogP) is 10.0. The predicted molar refractivity (Wildman–Crippen MR) is 181 cm³/mol. The summed E-state index contributed by atoms with van der Waals surface area (Å²) in [7, 11) is 2.18. The molecule has 0 spiro atoms. The number of anilines is 2. The van der Waals surface area contributed by atoms with E-state index in [1.54, 1.807) is 0 Å². The van der Waals surface area contributed by atoms with Gasteiger partial charge in [-0.2, -0.15) is 0 Å². The maximum Gasteiger partial charge on any atom is 0.0540 e. The third-order valence-electron chi connectivity index (χ3n) is 9.61. The van der Waals surface area contributed by atoms with Gasteiger partial charge in [-0.3, -0.25) is 0 Å². The summed E-state index contributed by atoms with van der Waals surface area (Å²) in [6.07, 6.45) is 13.5. The van der Waals surface area contributed by atoms with Crippen LogP contribution in [-0.2, 0) is 5.41 Å². The van der Waals surface area contributed by atoms with Gasteiger partial charge < -0.3 is 9.80 Å². The lowest BCUT2D eigenvalue weighted by molar-refractivity contribution is 0.531. The van der Waals surface area contributed by atoms with Crippen LogP contribution in [-0.4, -0.2) is 18.5 Å². The zero-order chi connectivity index (χ0) is 29.1. The highest BCUT2D eigenvalue weighted by Crippen LogP contribution is 2.57. The van der Waals surface area contributed by atoms with Crippen molar-refractivity contribution in [2.45, 2.75) is 32.1 Å². The van der Waals surface area contributed by atoms with Gasteiger partial charge in [0.1, 0.15) is 0 Å². The molecule has 0 aromatic heterocycles. The quantitative estimate of drug-likeness (QED) is 0.248. The molecule has 0 saturated carbocycles. The first-order chi connectivity index (χ1) is 21.0. The first-order valence-electron chi connectivity index (χ1n) is 15.5. The summed E-state index contributed by atoms with van der Waals surface area (Å²) in [5.41, 5.74) is 17.1. The van der Waals surface area contributed by atoms with Gasteiger partial charge in [0.25, 0.3) is 0 Å². The van der Waals surface area contributed by atoms with Crippen LogP contribution in [0, 0.1) is 0 Å². The molecule has 4 aromatic rings. The normalized spacial score (nSPS) is 18.2. The Morgan fingerprint density at radius 2 is 1.47 bits per heavy atom. The molecule has 2 aliphatic carbocycles. The molecular formula is C41H36N2. The first-order valence-corrected chi connectivity index (χ1v) is 15.5. The lowest BCUT2D eigenvalue weighted by atomic mass is 9.75. The Labute approximate surface area is 255 Å². The van der Waals surface area contributed by atoms with E-state index in [0.29, 0.717) is 0 Å². The van der Waals surface area contributed by atoms with E-state index < -0.39 is 0 Å². The number of para-hydroxylation sites is 1. The molecule has 2 aliphatic heterocycles. The van der Waals surface area contributed by atoms with Gasteiger partial charge in [-0.05, 0) is 88.2 Å². The zero-order valence-corrected chi connectivity index (χ0v) is 25.1. The lowest BCUT2D eigenvalue weighted by Crippen LogP contribution is -2.24. The van der Waals surface area contributed by atoms with Crippen LogP contribution in [0.3, 0.4) is 0 Å². The Morgan fingerprint density at radius 1 is 0.721 bits per heavy atom. The van der Waals surface area contributed by atoms with Crippen molar-refractivity contribution in [1.82, 2.24) is 4.90 Å². The van der Waals surface area contributed by atoms with Gasteiger partial charge in [0.2, 0.25) is 0 Å². The standard InChI is InChI=1S/C41H36N2/c1-41(2)35-20-10-7-17-32(35)39-33-18-8-11-22-37(33)43(38-23-12-9-19-34(38)40(39)41)31-26-29(28-15-5-4-6-16-28)25-30(27-31)36-21-13-14-24-42(36)3/h4-8,10-18,20-23,25-27H,9,19,24H2,1-3H3. The molecule has 4 aromatic carbocycles. The Kier molecular flexibility index (Phi) is 5.94. The van der Waals surface area contributed by atoms with E-state index in [2.05, 4.69) is 158 Å². The van der Waals surface area contributed by atoms with Crippen LogP contribution in [0.15, 0.2) is 144 Å².